The number of rotatable bonds is 3. The highest BCUT2D eigenvalue weighted by molar-refractivity contribution is 5.93. The Morgan fingerprint density at radius 1 is 1.17 bits per heavy atom. The van der Waals surface area contributed by atoms with E-state index >= 15 is 0 Å². The van der Waals surface area contributed by atoms with E-state index in [2.05, 4.69) is 25.4 Å². The SMILES string of the molecule is CC1(C(=O)Nc2ncnn2-c2ncccn2)CCC(F)(F)CC1. The largest absolute Gasteiger partial charge is 0.294 e. The fourth-order valence-corrected chi connectivity index (χ4v) is 2.52. The van der Waals surface area contributed by atoms with E-state index < -0.39 is 11.3 Å². The Bertz CT molecular complexity index is 692. The highest BCUT2D eigenvalue weighted by atomic mass is 19.3. The van der Waals surface area contributed by atoms with Gasteiger partial charge in [0.05, 0.1) is 0 Å². The molecule has 122 valence electrons. The molecule has 0 unspecified atom stereocenters. The quantitative estimate of drug-likeness (QED) is 0.936. The molecule has 1 amide bonds. The van der Waals surface area contributed by atoms with Crippen LogP contribution in [0.3, 0.4) is 0 Å². The maximum atomic E-state index is 13.3. The lowest BCUT2D eigenvalue weighted by Gasteiger charge is -2.35. The molecule has 23 heavy (non-hydrogen) atoms. The first-order valence-electron chi connectivity index (χ1n) is 7.26. The zero-order valence-electron chi connectivity index (χ0n) is 12.5. The van der Waals surface area contributed by atoms with Gasteiger partial charge in [0, 0.05) is 30.7 Å². The number of aromatic nitrogens is 5. The average molecular weight is 322 g/mol. The molecule has 1 saturated carbocycles. The predicted molar refractivity (Wildman–Crippen MR) is 77.1 cm³/mol. The first kappa shape index (κ1) is 15.4. The molecule has 0 spiro atoms. The summed E-state index contributed by atoms with van der Waals surface area (Å²) in [7, 11) is 0. The second-order valence-electron chi connectivity index (χ2n) is 5.91. The lowest BCUT2D eigenvalue weighted by molar-refractivity contribution is -0.132. The van der Waals surface area contributed by atoms with Crippen molar-refractivity contribution in [3.8, 4) is 5.95 Å². The number of alkyl halides is 2. The van der Waals surface area contributed by atoms with E-state index in [1.165, 1.54) is 11.0 Å². The second kappa shape index (κ2) is 5.64. The van der Waals surface area contributed by atoms with E-state index in [0.717, 1.165) is 0 Å². The molecule has 2 aromatic heterocycles. The van der Waals surface area contributed by atoms with Crippen molar-refractivity contribution in [1.82, 2.24) is 24.7 Å². The molecule has 0 saturated heterocycles. The number of amides is 1. The molecule has 0 radical (unpaired) electrons. The van der Waals surface area contributed by atoms with Gasteiger partial charge in [-0.3, -0.25) is 10.1 Å². The predicted octanol–water partition coefficient (Wildman–Crippen LogP) is 2.21. The minimum Gasteiger partial charge on any atom is -0.294 e. The Balaban J connectivity index is 1.76. The van der Waals surface area contributed by atoms with E-state index in [1.54, 1.807) is 25.4 Å². The second-order valence-corrected chi connectivity index (χ2v) is 5.91. The Morgan fingerprint density at radius 3 is 2.48 bits per heavy atom. The molecular weight excluding hydrogens is 306 g/mol. The topological polar surface area (TPSA) is 85.6 Å². The third-order valence-electron chi connectivity index (χ3n) is 4.15. The van der Waals surface area contributed by atoms with Crippen LogP contribution < -0.4 is 5.32 Å². The summed E-state index contributed by atoms with van der Waals surface area (Å²) in [5, 5.41) is 6.63. The van der Waals surface area contributed by atoms with Gasteiger partial charge in [0.1, 0.15) is 6.33 Å². The molecule has 2 aromatic rings. The number of nitrogens with zero attached hydrogens (tertiary/aromatic N) is 5. The van der Waals surface area contributed by atoms with E-state index in [-0.39, 0.29) is 43.5 Å². The number of carbonyl (C=O) groups excluding carboxylic acids is 1. The van der Waals surface area contributed by atoms with Crippen LogP contribution in [-0.2, 0) is 4.79 Å². The Morgan fingerprint density at radius 2 is 1.83 bits per heavy atom. The summed E-state index contributed by atoms with van der Waals surface area (Å²) in [5.41, 5.74) is -0.851. The van der Waals surface area contributed by atoms with Gasteiger partial charge in [0.25, 0.3) is 5.95 Å². The van der Waals surface area contributed by atoms with Crippen molar-refractivity contribution in [3.05, 3.63) is 24.8 Å². The van der Waals surface area contributed by atoms with Gasteiger partial charge in [-0.2, -0.15) is 14.8 Å². The Labute approximate surface area is 131 Å². The number of anilines is 1. The Kier molecular flexibility index (Phi) is 3.78. The maximum absolute atomic E-state index is 13.3. The highest BCUT2D eigenvalue weighted by Crippen LogP contribution is 2.43. The normalized spacial score (nSPS) is 19.3. The van der Waals surface area contributed by atoms with E-state index in [4.69, 9.17) is 0 Å². The monoisotopic (exact) mass is 322 g/mol. The van der Waals surface area contributed by atoms with Gasteiger partial charge in [-0.05, 0) is 18.9 Å². The number of hydrogen-bond donors (Lipinski definition) is 1. The summed E-state index contributed by atoms with van der Waals surface area (Å²) < 4.78 is 27.9. The summed E-state index contributed by atoms with van der Waals surface area (Å²) in [6.07, 6.45) is 4.03. The van der Waals surface area contributed by atoms with Gasteiger partial charge in [0.15, 0.2) is 0 Å². The molecule has 1 aliphatic rings. The van der Waals surface area contributed by atoms with Crippen LogP contribution in [0.15, 0.2) is 24.8 Å². The zero-order chi connectivity index (χ0) is 16.5. The summed E-state index contributed by atoms with van der Waals surface area (Å²) in [6.45, 7) is 1.69. The van der Waals surface area contributed by atoms with E-state index in [9.17, 15) is 13.6 Å². The van der Waals surface area contributed by atoms with Crippen LogP contribution in [0.1, 0.15) is 32.6 Å². The fourth-order valence-electron chi connectivity index (χ4n) is 2.52. The molecular formula is C14H16F2N6O. The molecule has 0 aliphatic heterocycles. The van der Waals surface area contributed by atoms with Crippen molar-refractivity contribution >= 4 is 11.9 Å². The van der Waals surface area contributed by atoms with Crippen LogP contribution in [0.4, 0.5) is 14.7 Å². The van der Waals surface area contributed by atoms with Gasteiger partial charge in [0.2, 0.25) is 17.8 Å². The fraction of sp³-hybridized carbons (Fsp3) is 0.500. The number of carbonyl (C=O) groups is 1. The van der Waals surface area contributed by atoms with E-state index in [0.29, 0.717) is 0 Å². The Hall–Kier alpha value is -2.45. The van der Waals surface area contributed by atoms with Crippen LogP contribution in [0.25, 0.3) is 5.95 Å². The standard InChI is InChI=1S/C14H16F2N6O/c1-13(3-5-14(15,16)6-4-13)10(23)21-12-19-9-20-22(12)11-17-7-2-8-18-11/h2,7-9H,3-6H2,1H3,(H,19,20,21,23). The van der Waals surface area contributed by atoms with Gasteiger partial charge in [-0.1, -0.05) is 6.92 Å². The molecule has 2 heterocycles. The third-order valence-corrected chi connectivity index (χ3v) is 4.15. The van der Waals surface area contributed by atoms with Crippen molar-refractivity contribution in [2.45, 2.75) is 38.5 Å². The lowest BCUT2D eigenvalue weighted by atomic mass is 9.73. The van der Waals surface area contributed by atoms with Crippen molar-refractivity contribution in [2.24, 2.45) is 5.41 Å². The van der Waals surface area contributed by atoms with Gasteiger partial charge >= 0.3 is 0 Å². The van der Waals surface area contributed by atoms with Crippen molar-refractivity contribution < 1.29 is 13.6 Å². The summed E-state index contributed by atoms with van der Waals surface area (Å²) >= 11 is 0. The first-order chi connectivity index (χ1) is 10.9. The molecule has 7 nitrogen and oxygen atoms in total. The summed E-state index contributed by atoms with van der Waals surface area (Å²) in [6, 6.07) is 1.65. The highest BCUT2D eigenvalue weighted by Gasteiger charge is 2.45. The molecule has 1 aliphatic carbocycles. The summed E-state index contributed by atoms with van der Waals surface area (Å²) in [4.78, 5) is 24.6. The molecule has 9 heteroatoms. The molecule has 1 N–H and O–H groups in total. The van der Waals surface area contributed by atoms with Gasteiger partial charge in [-0.15, -0.1) is 0 Å². The third kappa shape index (κ3) is 3.17. The molecule has 1 fully saturated rings. The van der Waals surface area contributed by atoms with Crippen LogP contribution in [-0.4, -0.2) is 36.6 Å². The smallest absolute Gasteiger partial charge is 0.253 e. The van der Waals surface area contributed by atoms with Crippen molar-refractivity contribution in [1.29, 1.82) is 0 Å². The van der Waals surface area contributed by atoms with Crippen LogP contribution in [0.2, 0.25) is 0 Å². The van der Waals surface area contributed by atoms with Crippen LogP contribution in [0.5, 0.6) is 0 Å². The molecule has 0 atom stereocenters. The molecule has 0 bridgehead atoms. The summed E-state index contributed by atoms with van der Waals surface area (Å²) in [5.74, 6) is -2.60. The van der Waals surface area contributed by atoms with Crippen LogP contribution in [0, 0.1) is 5.41 Å². The lowest BCUT2D eigenvalue weighted by Crippen LogP contribution is -2.40. The first-order valence-corrected chi connectivity index (χ1v) is 7.26. The number of nitrogens with one attached hydrogen (secondary N) is 1. The van der Waals surface area contributed by atoms with Crippen molar-refractivity contribution in [2.75, 3.05) is 5.32 Å². The zero-order valence-corrected chi connectivity index (χ0v) is 12.5. The van der Waals surface area contributed by atoms with Gasteiger partial charge < -0.3 is 0 Å². The van der Waals surface area contributed by atoms with Crippen molar-refractivity contribution in [3.63, 3.8) is 0 Å². The maximum Gasteiger partial charge on any atom is 0.253 e. The van der Waals surface area contributed by atoms with Gasteiger partial charge in [-0.25, -0.2) is 18.7 Å². The minimum atomic E-state index is -2.68. The van der Waals surface area contributed by atoms with E-state index in [1.807, 2.05) is 0 Å². The minimum absolute atomic E-state index is 0.127. The van der Waals surface area contributed by atoms with Crippen LogP contribution >= 0.6 is 0 Å². The number of hydrogen-bond acceptors (Lipinski definition) is 5. The molecule has 0 aromatic carbocycles. The number of halogens is 2. The molecule has 3 rings (SSSR count). The average Bonchev–Trinajstić information content (AvgIpc) is 2.99.